The summed E-state index contributed by atoms with van der Waals surface area (Å²) in [6, 6.07) is 7.01. The third-order valence-electron chi connectivity index (χ3n) is 2.29. The molecule has 1 aromatic carbocycles. The third-order valence-corrected chi connectivity index (χ3v) is 2.60. The van der Waals surface area contributed by atoms with Crippen molar-refractivity contribution in [1.29, 1.82) is 0 Å². The van der Waals surface area contributed by atoms with Gasteiger partial charge < -0.3 is 10.1 Å². The summed E-state index contributed by atoms with van der Waals surface area (Å²) in [6.07, 6.45) is 0.180. The van der Waals surface area contributed by atoms with E-state index in [9.17, 15) is 9.59 Å². The van der Waals surface area contributed by atoms with Gasteiger partial charge in [0, 0.05) is 18.0 Å². The van der Waals surface area contributed by atoms with Crippen LogP contribution in [-0.4, -0.2) is 25.0 Å². The maximum absolute atomic E-state index is 11.7. The molecule has 0 saturated heterocycles. The topological polar surface area (TPSA) is 55.4 Å². The largest absolute Gasteiger partial charge is 0.466 e. The summed E-state index contributed by atoms with van der Waals surface area (Å²) < 4.78 is 4.75. The fourth-order valence-electron chi connectivity index (χ4n) is 1.36. The molecule has 0 spiro atoms. The normalized spacial score (nSPS) is 9.89. The summed E-state index contributed by atoms with van der Waals surface area (Å²) in [5, 5.41) is 2.65. The van der Waals surface area contributed by atoms with Gasteiger partial charge in [0.05, 0.1) is 13.0 Å². The van der Waals surface area contributed by atoms with Gasteiger partial charge in [0.15, 0.2) is 0 Å². The number of nitrogens with one attached hydrogen (secondary N) is 1. The third kappa shape index (κ3) is 4.75. The van der Waals surface area contributed by atoms with Gasteiger partial charge in [0.1, 0.15) is 0 Å². The first kappa shape index (κ1) is 14.5. The molecule has 0 aliphatic heterocycles. The summed E-state index contributed by atoms with van der Waals surface area (Å²) >= 11 is 5.66. The van der Waals surface area contributed by atoms with Gasteiger partial charge in [-0.3, -0.25) is 9.59 Å². The first-order chi connectivity index (χ1) is 8.67. The average molecular weight is 270 g/mol. The zero-order valence-electron chi connectivity index (χ0n) is 10.2. The molecule has 0 fully saturated rings. The Kier molecular flexibility index (Phi) is 6.22. The van der Waals surface area contributed by atoms with Crippen molar-refractivity contribution in [2.75, 3.05) is 13.2 Å². The molecule has 0 atom stereocenters. The van der Waals surface area contributed by atoms with Crippen LogP contribution in [0.5, 0.6) is 0 Å². The molecule has 0 saturated carbocycles. The van der Waals surface area contributed by atoms with E-state index in [0.717, 1.165) is 5.56 Å². The number of carbonyl (C=O) groups excluding carboxylic acids is 2. The van der Waals surface area contributed by atoms with Gasteiger partial charge in [-0.2, -0.15) is 0 Å². The summed E-state index contributed by atoms with van der Waals surface area (Å²) in [7, 11) is 0. The monoisotopic (exact) mass is 269 g/mol. The van der Waals surface area contributed by atoms with Crippen LogP contribution in [0.1, 0.15) is 29.3 Å². The Morgan fingerprint density at radius 3 is 2.50 bits per heavy atom. The average Bonchev–Trinajstić information content (AvgIpc) is 2.39. The lowest BCUT2D eigenvalue weighted by molar-refractivity contribution is -0.142. The van der Waals surface area contributed by atoms with E-state index in [2.05, 4.69) is 5.32 Å². The van der Waals surface area contributed by atoms with Crippen LogP contribution in [0.4, 0.5) is 0 Å². The Morgan fingerprint density at radius 2 is 1.94 bits per heavy atom. The number of halogens is 1. The van der Waals surface area contributed by atoms with Gasteiger partial charge >= 0.3 is 5.97 Å². The molecule has 1 amide bonds. The van der Waals surface area contributed by atoms with E-state index < -0.39 is 0 Å². The molecule has 0 radical (unpaired) electrons. The Balaban J connectivity index is 2.38. The predicted octanol–water partition coefficient (Wildman–Crippen LogP) is 2.11. The molecule has 98 valence electrons. The fourth-order valence-corrected chi connectivity index (χ4v) is 1.54. The highest BCUT2D eigenvalue weighted by atomic mass is 35.5. The first-order valence-corrected chi connectivity index (χ1v) is 6.29. The standard InChI is InChI=1S/C13H16ClNO3/c1-2-18-12(16)7-8-15-13(17)11-5-3-10(9-14)4-6-11/h3-6H,2,7-9H2,1H3,(H,15,17). The van der Waals surface area contributed by atoms with Gasteiger partial charge in [-0.1, -0.05) is 12.1 Å². The SMILES string of the molecule is CCOC(=O)CCNC(=O)c1ccc(CCl)cc1. The maximum Gasteiger partial charge on any atom is 0.307 e. The van der Waals surface area contributed by atoms with Crippen LogP contribution in [0.15, 0.2) is 24.3 Å². The van der Waals surface area contributed by atoms with Crippen molar-refractivity contribution in [3.63, 3.8) is 0 Å². The number of ether oxygens (including phenoxy) is 1. The van der Waals surface area contributed by atoms with Crippen molar-refractivity contribution in [1.82, 2.24) is 5.32 Å². The van der Waals surface area contributed by atoms with Crippen molar-refractivity contribution in [3.8, 4) is 0 Å². The van der Waals surface area contributed by atoms with E-state index in [1.54, 1.807) is 31.2 Å². The molecule has 1 rings (SSSR count). The number of hydrogen-bond donors (Lipinski definition) is 1. The highest BCUT2D eigenvalue weighted by molar-refractivity contribution is 6.17. The summed E-state index contributed by atoms with van der Waals surface area (Å²) in [5.74, 6) is -0.0965. The van der Waals surface area contributed by atoms with E-state index in [1.807, 2.05) is 0 Å². The number of amides is 1. The zero-order chi connectivity index (χ0) is 13.4. The zero-order valence-corrected chi connectivity index (χ0v) is 11.0. The number of carbonyl (C=O) groups is 2. The van der Waals surface area contributed by atoms with Crippen molar-refractivity contribution in [2.45, 2.75) is 19.2 Å². The molecular formula is C13H16ClNO3. The van der Waals surface area contributed by atoms with Gasteiger partial charge in [-0.15, -0.1) is 11.6 Å². The second-order valence-electron chi connectivity index (χ2n) is 3.64. The minimum absolute atomic E-state index is 0.180. The van der Waals surface area contributed by atoms with Crippen LogP contribution in [0.3, 0.4) is 0 Å². The summed E-state index contributed by atoms with van der Waals surface area (Å²) in [4.78, 5) is 22.7. The lowest BCUT2D eigenvalue weighted by Gasteiger charge is -2.05. The highest BCUT2D eigenvalue weighted by Crippen LogP contribution is 2.06. The molecule has 1 N–H and O–H groups in total. The molecule has 18 heavy (non-hydrogen) atoms. The van der Waals surface area contributed by atoms with Crippen molar-refractivity contribution in [3.05, 3.63) is 35.4 Å². The minimum Gasteiger partial charge on any atom is -0.466 e. The predicted molar refractivity (Wildman–Crippen MR) is 69.6 cm³/mol. The van der Waals surface area contributed by atoms with Gasteiger partial charge in [-0.25, -0.2) is 0 Å². The quantitative estimate of drug-likeness (QED) is 0.636. The maximum atomic E-state index is 11.7. The van der Waals surface area contributed by atoms with Gasteiger partial charge in [0.2, 0.25) is 0 Å². The van der Waals surface area contributed by atoms with Crippen molar-refractivity contribution >= 4 is 23.5 Å². The molecule has 1 aromatic rings. The molecule has 0 aliphatic carbocycles. The number of rotatable bonds is 6. The molecule has 0 heterocycles. The van der Waals surface area contributed by atoms with Gasteiger partial charge in [-0.05, 0) is 24.6 Å². The second kappa shape index (κ2) is 7.71. The first-order valence-electron chi connectivity index (χ1n) is 5.76. The minimum atomic E-state index is -0.310. The fraction of sp³-hybridized carbons (Fsp3) is 0.385. The van der Waals surface area contributed by atoms with Crippen LogP contribution in [-0.2, 0) is 15.4 Å². The summed E-state index contributed by atoms with van der Waals surface area (Å²) in [5.41, 5.74) is 1.51. The number of hydrogen-bond acceptors (Lipinski definition) is 3. The van der Waals surface area contributed by atoms with E-state index in [1.165, 1.54) is 0 Å². The van der Waals surface area contributed by atoms with Crippen molar-refractivity contribution in [2.24, 2.45) is 0 Å². The molecular weight excluding hydrogens is 254 g/mol. The lowest BCUT2D eigenvalue weighted by Crippen LogP contribution is -2.26. The Hall–Kier alpha value is -1.55. The van der Waals surface area contributed by atoms with E-state index in [4.69, 9.17) is 16.3 Å². The number of esters is 1. The second-order valence-corrected chi connectivity index (χ2v) is 3.91. The smallest absolute Gasteiger partial charge is 0.307 e. The number of benzene rings is 1. The molecule has 0 bridgehead atoms. The highest BCUT2D eigenvalue weighted by Gasteiger charge is 2.06. The molecule has 0 aromatic heterocycles. The van der Waals surface area contributed by atoms with Crippen LogP contribution in [0.25, 0.3) is 0 Å². The van der Waals surface area contributed by atoms with Crippen LogP contribution in [0.2, 0.25) is 0 Å². The Labute approximate surface area is 111 Å². The molecule has 5 heteroatoms. The Bertz CT molecular complexity index is 403. The molecule has 0 unspecified atom stereocenters. The van der Waals surface area contributed by atoms with Crippen LogP contribution < -0.4 is 5.32 Å². The summed E-state index contributed by atoms with van der Waals surface area (Å²) in [6.45, 7) is 2.37. The van der Waals surface area contributed by atoms with Gasteiger partial charge in [0.25, 0.3) is 5.91 Å². The van der Waals surface area contributed by atoms with Crippen LogP contribution >= 0.6 is 11.6 Å². The lowest BCUT2D eigenvalue weighted by atomic mass is 10.1. The van der Waals surface area contributed by atoms with E-state index in [0.29, 0.717) is 18.1 Å². The van der Waals surface area contributed by atoms with Crippen LogP contribution in [0, 0.1) is 0 Å². The molecule has 0 aliphatic rings. The molecule has 4 nitrogen and oxygen atoms in total. The van der Waals surface area contributed by atoms with E-state index >= 15 is 0 Å². The van der Waals surface area contributed by atoms with E-state index in [-0.39, 0.29) is 24.8 Å². The Morgan fingerprint density at radius 1 is 1.28 bits per heavy atom. The number of alkyl halides is 1. The van der Waals surface area contributed by atoms with Crippen molar-refractivity contribution < 1.29 is 14.3 Å².